The first-order valence-corrected chi connectivity index (χ1v) is 8.21. The van der Waals surface area contributed by atoms with Crippen LogP contribution < -0.4 is 5.32 Å². The van der Waals surface area contributed by atoms with E-state index >= 15 is 0 Å². The predicted molar refractivity (Wildman–Crippen MR) is 76.7 cm³/mol. The second kappa shape index (κ2) is 5.18. The van der Waals surface area contributed by atoms with Crippen molar-refractivity contribution in [1.29, 1.82) is 0 Å². The van der Waals surface area contributed by atoms with E-state index in [1.54, 1.807) is 16.2 Å². The summed E-state index contributed by atoms with van der Waals surface area (Å²) in [7, 11) is 0. The summed E-state index contributed by atoms with van der Waals surface area (Å²) in [6.07, 6.45) is 5.63. The fourth-order valence-corrected chi connectivity index (χ4v) is 4.67. The molecule has 5 heteroatoms. The van der Waals surface area contributed by atoms with E-state index in [1.807, 2.05) is 22.9 Å². The Morgan fingerprint density at radius 3 is 3.29 bits per heavy atom. The quantitative estimate of drug-likeness (QED) is 0.916. The number of fused-ring (bicyclic) bond motifs is 1. The number of hydrogen-bond donors (Lipinski definition) is 1. The lowest BCUT2D eigenvalue weighted by Gasteiger charge is -2.23. The molecule has 0 aromatic carbocycles. The number of nitrogens with one attached hydrogen (secondary N) is 1. The first kappa shape index (κ1) is 11.8. The number of nitrogens with zero attached hydrogens (tertiary/aromatic N) is 1. The summed E-state index contributed by atoms with van der Waals surface area (Å²) >= 11 is 7.19. The molecule has 0 spiro atoms. The van der Waals surface area contributed by atoms with Crippen LogP contribution in [-0.2, 0) is 13.0 Å². The third-order valence-corrected chi connectivity index (χ3v) is 5.56. The zero-order chi connectivity index (χ0) is 11.7. The van der Waals surface area contributed by atoms with Gasteiger partial charge in [-0.2, -0.15) is 0 Å². The van der Waals surface area contributed by atoms with Crippen molar-refractivity contribution in [1.82, 2.24) is 10.3 Å². The summed E-state index contributed by atoms with van der Waals surface area (Å²) in [6, 6.07) is 2.78. The van der Waals surface area contributed by atoms with Gasteiger partial charge in [0.15, 0.2) is 0 Å². The number of aromatic nitrogens is 1. The minimum absolute atomic E-state index is 0.505. The van der Waals surface area contributed by atoms with Crippen LogP contribution in [0.3, 0.4) is 0 Å². The van der Waals surface area contributed by atoms with Crippen LogP contribution in [0.2, 0.25) is 0 Å². The third kappa shape index (κ3) is 2.62. The van der Waals surface area contributed by atoms with Crippen LogP contribution in [0, 0.1) is 0 Å². The van der Waals surface area contributed by atoms with E-state index in [-0.39, 0.29) is 0 Å². The molecule has 1 aliphatic carbocycles. The molecule has 0 amide bonds. The van der Waals surface area contributed by atoms with Crippen LogP contribution in [0.1, 0.15) is 34.3 Å². The molecule has 0 saturated heterocycles. The van der Waals surface area contributed by atoms with Gasteiger partial charge in [-0.05, 0) is 46.8 Å². The van der Waals surface area contributed by atoms with Gasteiger partial charge in [0.25, 0.3) is 0 Å². The topological polar surface area (TPSA) is 24.9 Å². The van der Waals surface area contributed by atoms with E-state index < -0.39 is 0 Å². The van der Waals surface area contributed by atoms with Gasteiger partial charge in [0.2, 0.25) is 0 Å². The molecule has 0 bridgehead atoms. The van der Waals surface area contributed by atoms with Crippen molar-refractivity contribution in [3.8, 4) is 0 Å². The highest BCUT2D eigenvalue weighted by atomic mass is 79.9. The molecule has 0 aliphatic heterocycles. The molecule has 0 saturated carbocycles. The number of thiophene rings is 1. The first-order valence-electron chi connectivity index (χ1n) is 5.73. The van der Waals surface area contributed by atoms with Gasteiger partial charge in [0, 0.05) is 29.0 Å². The van der Waals surface area contributed by atoms with Gasteiger partial charge in [-0.25, -0.2) is 4.98 Å². The number of hydrogen-bond acceptors (Lipinski definition) is 4. The van der Waals surface area contributed by atoms with Crippen molar-refractivity contribution in [2.75, 3.05) is 0 Å². The molecule has 2 aromatic rings. The zero-order valence-electron chi connectivity index (χ0n) is 9.28. The van der Waals surface area contributed by atoms with Gasteiger partial charge in [-0.15, -0.1) is 22.7 Å². The highest BCUT2D eigenvalue weighted by Gasteiger charge is 2.22. The van der Waals surface area contributed by atoms with E-state index in [0.717, 1.165) is 6.54 Å². The second-order valence-electron chi connectivity index (χ2n) is 4.18. The predicted octanol–water partition coefficient (Wildman–Crippen LogP) is 4.13. The minimum atomic E-state index is 0.505. The molecule has 1 N–H and O–H groups in total. The molecule has 0 fully saturated rings. The normalized spacial score (nSPS) is 19.2. The summed E-state index contributed by atoms with van der Waals surface area (Å²) in [5.74, 6) is 0. The number of rotatable bonds is 3. The molecular formula is C12H13BrN2S2. The van der Waals surface area contributed by atoms with Crippen molar-refractivity contribution in [3.05, 3.63) is 36.9 Å². The SMILES string of the molecule is Brc1cc2c(s1)CCCC2NCc1nccs1. The molecule has 3 rings (SSSR count). The molecule has 2 heterocycles. The Morgan fingerprint density at radius 1 is 1.53 bits per heavy atom. The average Bonchev–Trinajstić information content (AvgIpc) is 2.93. The summed E-state index contributed by atoms with van der Waals surface area (Å²) in [6.45, 7) is 0.884. The molecule has 17 heavy (non-hydrogen) atoms. The lowest BCUT2D eigenvalue weighted by atomic mass is 9.94. The van der Waals surface area contributed by atoms with E-state index in [9.17, 15) is 0 Å². The first-order chi connectivity index (χ1) is 8.33. The van der Waals surface area contributed by atoms with Crippen LogP contribution in [0.5, 0.6) is 0 Å². The summed E-state index contributed by atoms with van der Waals surface area (Å²) < 4.78 is 1.26. The van der Waals surface area contributed by atoms with Crippen LogP contribution in [-0.4, -0.2) is 4.98 Å². The van der Waals surface area contributed by atoms with Crippen LogP contribution >= 0.6 is 38.6 Å². The van der Waals surface area contributed by atoms with E-state index in [0.29, 0.717) is 6.04 Å². The Morgan fingerprint density at radius 2 is 2.47 bits per heavy atom. The highest BCUT2D eigenvalue weighted by molar-refractivity contribution is 9.11. The Balaban J connectivity index is 1.72. The van der Waals surface area contributed by atoms with Crippen molar-refractivity contribution in [2.45, 2.75) is 31.8 Å². The van der Waals surface area contributed by atoms with Crippen molar-refractivity contribution in [2.24, 2.45) is 0 Å². The molecule has 0 radical (unpaired) electrons. The summed E-state index contributed by atoms with van der Waals surface area (Å²) in [5.41, 5.74) is 1.49. The summed E-state index contributed by atoms with van der Waals surface area (Å²) in [4.78, 5) is 5.85. The average molecular weight is 329 g/mol. The van der Waals surface area contributed by atoms with Crippen LogP contribution in [0.4, 0.5) is 0 Å². The minimum Gasteiger partial charge on any atom is -0.304 e. The number of thiazole rings is 1. The highest BCUT2D eigenvalue weighted by Crippen LogP contribution is 2.38. The standard InChI is InChI=1S/C12H13BrN2S2/c13-11-6-8-9(2-1-3-10(8)17-11)15-7-12-14-4-5-16-12/h4-6,9,15H,1-3,7H2. The Bertz CT molecular complexity index is 493. The van der Waals surface area contributed by atoms with E-state index in [2.05, 4.69) is 32.3 Å². The lowest BCUT2D eigenvalue weighted by molar-refractivity contribution is 0.462. The van der Waals surface area contributed by atoms with Gasteiger partial charge < -0.3 is 5.32 Å². The van der Waals surface area contributed by atoms with E-state index in [1.165, 1.54) is 33.6 Å². The van der Waals surface area contributed by atoms with Crippen molar-refractivity contribution < 1.29 is 0 Å². The maximum Gasteiger partial charge on any atom is 0.106 e. The van der Waals surface area contributed by atoms with E-state index in [4.69, 9.17) is 0 Å². The van der Waals surface area contributed by atoms with Gasteiger partial charge in [0.1, 0.15) is 5.01 Å². The largest absolute Gasteiger partial charge is 0.304 e. The molecule has 1 unspecified atom stereocenters. The third-order valence-electron chi connectivity index (χ3n) is 3.07. The van der Waals surface area contributed by atoms with Gasteiger partial charge in [-0.3, -0.25) is 0 Å². The van der Waals surface area contributed by atoms with Crippen LogP contribution in [0.25, 0.3) is 0 Å². The zero-order valence-corrected chi connectivity index (χ0v) is 12.5. The number of halogens is 1. The van der Waals surface area contributed by atoms with Crippen molar-refractivity contribution in [3.63, 3.8) is 0 Å². The molecule has 90 valence electrons. The Labute approximate surface area is 117 Å². The van der Waals surface area contributed by atoms with Gasteiger partial charge >= 0.3 is 0 Å². The Hall–Kier alpha value is -0.230. The maximum atomic E-state index is 4.31. The maximum absolute atomic E-state index is 4.31. The van der Waals surface area contributed by atoms with Gasteiger partial charge in [-0.1, -0.05) is 0 Å². The molecule has 2 nitrogen and oxygen atoms in total. The monoisotopic (exact) mass is 328 g/mol. The van der Waals surface area contributed by atoms with Crippen LogP contribution in [0.15, 0.2) is 21.4 Å². The molecule has 1 aliphatic rings. The van der Waals surface area contributed by atoms with Gasteiger partial charge in [0.05, 0.1) is 3.79 Å². The summed E-state index contributed by atoms with van der Waals surface area (Å²) in [5, 5.41) is 6.83. The smallest absolute Gasteiger partial charge is 0.106 e. The fraction of sp³-hybridized carbons (Fsp3) is 0.417. The molecule has 1 atom stereocenters. The number of aryl methyl sites for hydroxylation is 1. The lowest BCUT2D eigenvalue weighted by Crippen LogP contribution is -2.23. The molecule has 2 aromatic heterocycles. The fourth-order valence-electron chi connectivity index (χ4n) is 2.28. The second-order valence-corrected chi connectivity index (χ2v) is 7.68. The van der Waals surface area contributed by atoms with Crippen molar-refractivity contribution >= 4 is 38.6 Å². The molecular weight excluding hydrogens is 316 g/mol. The Kier molecular flexibility index (Phi) is 3.61.